The zero-order valence-electron chi connectivity index (χ0n) is 14.8. The molecule has 0 bridgehead atoms. The van der Waals surface area contributed by atoms with Crippen molar-refractivity contribution >= 4 is 17.7 Å². The van der Waals surface area contributed by atoms with E-state index < -0.39 is 6.09 Å². The predicted octanol–water partition coefficient (Wildman–Crippen LogP) is 3.91. The van der Waals surface area contributed by atoms with Crippen molar-refractivity contribution in [3.05, 3.63) is 78.9 Å². The summed E-state index contributed by atoms with van der Waals surface area (Å²) in [6.07, 6.45) is 2.10. The largest absolute Gasteiger partial charge is 0.445 e. The van der Waals surface area contributed by atoms with Gasteiger partial charge in [0.05, 0.1) is 0 Å². The monoisotopic (exact) mass is 352 g/mol. The Bertz CT molecular complexity index is 702. The summed E-state index contributed by atoms with van der Waals surface area (Å²) in [6.45, 7) is 4.77. The smallest absolute Gasteiger partial charge is 0.407 e. The molecule has 0 aliphatic heterocycles. The van der Waals surface area contributed by atoms with E-state index in [-0.39, 0.29) is 12.5 Å². The highest BCUT2D eigenvalue weighted by Crippen LogP contribution is 2.14. The van der Waals surface area contributed by atoms with Crippen molar-refractivity contribution in [3.63, 3.8) is 0 Å². The molecule has 0 radical (unpaired) electrons. The molecule has 0 aliphatic rings. The Morgan fingerprint density at radius 3 is 2.35 bits per heavy atom. The first-order valence-corrected chi connectivity index (χ1v) is 8.61. The van der Waals surface area contributed by atoms with Crippen molar-refractivity contribution < 1.29 is 14.3 Å². The number of benzene rings is 2. The topological polar surface area (TPSA) is 58.6 Å². The van der Waals surface area contributed by atoms with Crippen molar-refractivity contribution in [2.45, 2.75) is 19.4 Å². The van der Waals surface area contributed by atoms with E-state index in [1.807, 2.05) is 60.7 Å². The van der Waals surface area contributed by atoms with Crippen molar-refractivity contribution in [1.82, 2.24) is 5.32 Å². The Kier molecular flexibility index (Phi) is 7.93. The lowest BCUT2D eigenvalue weighted by Gasteiger charge is -2.21. The van der Waals surface area contributed by atoms with Gasteiger partial charge < -0.3 is 15.0 Å². The number of nitrogens with zero attached hydrogens (tertiary/aromatic N) is 1. The van der Waals surface area contributed by atoms with Crippen LogP contribution in [0.1, 0.15) is 18.4 Å². The van der Waals surface area contributed by atoms with Crippen molar-refractivity contribution in [3.8, 4) is 0 Å². The molecule has 0 aliphatic carbocycles. The first-order chi connectivity index (χ1) is 12.7. The standard InChI is InChI=1S/C21H24N2O3/c1-2-16-23(19-12-7-4-8-13-19)20(24)14-9-15-22-21(25)26-17-18-10-5-3-6-11-18/h2-8,10-13H,1,9,14-17H2,(H,22,25). The third-order valence-corrected chi connectivity index (χ3v) is 3.73. The van der Waals surface area contributed by atoms with E-state index in [1.54, 1.807) is 11.0 Å². The number of carbonyl (C=O) groups excluding carboxylic acids is 2. The SMILES string of the molecule is C=CCN(C(=O)CCCNC(=O)OCc1ccccc1)c1ccccc1. The minimum Gasteiger partial charge on any atom is -0.445 e. The molecule has 2 aromatic carbocycles. The molecule has 5 heteroatoms. The fraction of sp³-hybridized carbons (Fsp3) is 0.238. The molecule has 2 amide bonds. The lowest BCUT2D eigenvalue weighted by Crippen LogP contribution is -2.32. The summed E-state index contributed by atoms with van der Waals surface area (Å²) in [7, 11) is 0. The number of amides is 2. The summed E-state index contributed by atoms with van der Waals surface area (Å²) < 4.78 is 5.13. The molecule has 0 spiro atoms. The highest BCUT2D eigenvalue weighted by Gasteiger charge is 2.13. The van der Waals surface area contributed by atoms with Crippen molar-refractivity contribution in [2.24, 2.45) is 0 Å². The number of anilines is 1. The van der Waals surface area contributed by atoms with Crippen LogP contribution in [0.2, 0.25) is 0 Å². The molecule has 0 unspecified atom stereocenters. The van der Waals surface area contributed by atoms with Crippen LogP contribution in [0.3, 0.4) is 0 Å². The molecule has 2 aromatic rings. The van der Waals surface area contributed by atoms with Gasteiger partial charge in [-0.25, -0.2) is 4.79 Å². The molecule has 5 nitrogen and oxygen atoms in total. The predicted molar refractivity (Wildman–Crippen MR) is 103 cm³/mol. The van der Waals surface area contributed by atoms with E-state index >= 15 is 0 Å². The third-order valence-electron chi connectivity index (χ3n) is 3.73. The molecular weight excluding hydrogens is 328 g/mol. The van der Waals surface area contributed by atoms with Crippen LogP contribution in [0.25, 0.3) is 0 Å². The number of hydrogen-bond acceptors (Lipinski definition) is 3. The van der Waals surface area contributed by atoms with Gasteiger partial charge in [0.15, 0.2) is 0 Å². The van der Waals surface area contributed by atoms with Crippen LogP contribution in [0.4, 0.5) is 10.5 Å². The van der Waals surface area contributed by atoms with Crippen LogP contribution < -0.4 is 10.2 Å². The molecule has 0 aromatic heterocycles. The number of carbonyl (C=O) groups is 2. The normalized spacial score (nSPS) is 10.0. The summed E-state index contributed by atoms with van der Waals surface area (Å²) in [5.41, 5.74) is 1.77. The van der Waals surface area contributed by atoms with Gasteiger partial charge in [-0.05, 0) is 24.1 Å². The lowest BCUT2D eigenvalue weighted by atomic mass is 10.2. The molecule has 0 fully saturated rings. The third kappa shape index (κ3) is 6.43. The lowest BCUT2D eigenvalue weighted by molar-refractivity contribution is -0.118. The van der Waals surface area contributed by atoms with Crippen LogP contribution >= 0.6 is 0 Å². The van der Waals surface area contributed by atoms with Gasteiger partial charge in [-0.15, -0.1) is 6.58 Å². The molecule has 136 valence electrons. The zero-order valence-corrected chi connectivity index (χ0v) is 14.8. The van der Waals surface area contributed by atoms with Gasteiger partial charge in [0.2, 0.25) is 5.91 Å². The molecule has 0 saturated heterocycles. The first-order valence-electron chi connectivity index (χ1n) is 8.61. The Balaban J connectivity index is 1.70. The molecule has 0 atom stereocenters. The Morgan fingerprint density at radius 2 is 1.69 bits per heavy atom. The molecular formula is C21H24N2O3. The maximum absolute atomic E-state index is 12.4. The highest BCUT2D eigenvalue weighted by atomic mass is 16.5. The van der Waals surface area contributed by atoms with Gasteiger partial charge in [0, 0.05) is 25.2 Å². The molecule has 0 heterocycles. The Labute approximate surface area is 154 Å². The second-order valence-corrected chi connectivity index (χ2v) is 5.72. The van der Waals surface area contributed by atoms with Crippen LogP contribution in [0, 0.1) is 0 Å². The number of nitrogens with one attached hydrogen (secondary N) is 1. The minimum atomic E-state index is -0.479. The average Bonchev–Trinajstić information content (AvgIpc) is 2.69. The maximum Gasteiger partial charge on any atom is 0.407 e. The van der Waals surface area contributed by atoms with E-state index in [4.69, 9.17) is 4.74 Å². The Hall–Kier alpha value is -3.08. The van der Waals surface area contributed by atoms with Crippen LogP contribution in [0.15, 0.2) is 73.3 Å². The second-order valence-electron chi connectivity index (χ2n) is 5.72. The van der Waals surface area contributed by atoms with E-state index in [1.165, 1.54) is 0 Å². The van der Waals surface area contributed by atoms with Gasteiger partial charge in [-0.2, -0.15) is 0 Å². The number of alkyl carbamates (subject to hydrolysis) is 1. The van der Waals surface area contributed by atoms with Crippen LogP contribution in [0.5, 0.6) is 0 Å². The molecule has 0 saturated carbocycles. The fourth-order valence-electron chi connectivity index (χ4n) is 2.43. The first kappa shape index (κ1) is 19.2. The van der Waals surface area contributed by atoms with Crippen molar-refractivity contribution in [2.75, 3.05) is 18.0 Å². The van der Waals surface area contributed by atoms with E-state index in [9.17, 15) is 9.59 Å². The Morgan fingerprint density at radius 1 is 1.04 bits per heavy atom. The summed E-state index contributed by atoms with van der Waals surface area (Å²) in [5, 5.41) is 2.67. The summed E-state index contributed by atoms with van der Waals surface area (Å²) in [5.74, 6) is -0.00412. The number of ether oxygens (including phenoxy) is 1. The summed E-state index contributed by atoms with van der Waals surface area (Å²) in [6, 6.07) is 18.9. The van der Waals surface area contributed by atoms with Gasteiger partial charge in [0.25, 0.3) is 0 Å². The van der Waals surface area contributed by atoms with Gasteiger partial charge in [0.1, 0.15) is 6.61 Å². The van der Waals surface area contributed by atoms with Crippen LogP contribution in [-0.2, 0) is 16.1 Å². The van der Waals surface area contributed by atoms with E-state index in [2.05, 4.69) is 11.9 Å². The van der Waals surface area contributed by atoms with Gasteiger partial charge >= 0.3 is 6.09 Å². The van der Waals surface area contributed by atoms with Gasteiger partial charge in [-0.1, -0.05) is 54.6 Å². The quantitative estimate of drug-likeness (QED) is 0.550. The average molecular weight is 352 g/mol. The van der Waals surface area contributed by atoms with Crippen molar-refractivity contribution in [1.29, 1.82) is 0 Å². The molecule has 1 N–H and O–H groups in total. The minimum absolute atomic E-state index is 0.00412. The van der Waals surface area contributed by atoms with E-state index in [0.717, 1.165) is 11.3 Å². The summed E-state index contributed by atoms with van der Waals surface area (Å²) in [4.78, 5) is 25.8. The van der Waals surface area contributed by atoms with E-state index in [0.29, 0.717) is 25.9 Å². The zero-order chi connectivity index (χ0) is 18.6. The maximum atomic E-state index is 12.4. The van der Waals surface area contributed by atoms with Gasteiger partial charge in [-0.3, -0.25) is 4.79 Å². The molecule has 26 heavy (non-hydrogen) atoms. The summed E-state index contributed by atoms with van der Waals surface area (Å²) >= 11 is 0. The van der Waals surface area contributed by atoms with Crippen LogP contribution in [-0.4, -0.2) is 25.1 Å². The molecule has 2 rings (SSSR count). The fourth-order valence-corrected chi connectivity index (χ4v) is 2.43. The number of hydrogen-bond donors (Lipinski definition) is 1. The second kappa shape index (κ2) is 10.7. The number of para-hydroxylation sites is 1. The highest BCUT2D eigenvalue weighted by molar-refractivity contribution is 5.93. The number of rotatable bonds is 9.